The highest BCUT2D eigenvalue weighted by Gasteiger charge is 2.27. The summed E-state index contributed by atoms with van der Waals surface area (Å²) in [6, 6.07) is 5.84. The second-order valence-electron chi connectivity index (χ2n) is 5.61. The molecule has 0 radical (unpaired) electrons. The largest absolute Gasteiger partial charge is 0.493 e. The van der Waals surface area contributed by atoms with Crippen LogP contribution in [0.4, 0.5) is 0 Å². The van der Waals surface area contributed by atoms with Crippen molar-refractivity contribution < 1.29 is 14.2 Å². The third kappa shape index (κ3) is 3.87. The molecule has 0 spiro atoms. The zero-order valence-corrected chi connectivity index (χ0v) is 12.5. The van der Waals surface area contributed by atoms with Crippen LogP contribution >= 0.6 is 0 Å². The van der Waals surface area contributed by atoms with Gasteiger partial charge in [0.25, 0.3) is 0 Å². The highest BCUT2D eigenvalue weighted by molar-refractivity contribution is 5.42. The number of nitrogens with two attached hydrogens (primary N) is 1. The molecule has 112 valence electrons. The standard InChI is InChI=1S/C16H25NO3/c1-18-14-7-6-13(10-15(14)19-2)11-20-12-16(17)8-4-3-5-9-16/h6-7,10H,3-5,8-9,11-12,17H2,1-2H3. The van der Waals surface area contributed by atoms with Gasteiger partial charge in [-0.2, -0.15) is 0 Å². The summed E-state index contributed by atoms with van der Waals surface area (Å²) in [5.74, 6) is 1.47. The number of methoxy groups -OCH3 is 2. The molecular weight excluding hydrogens is 254 g/mol. The van der Waals surface area contributed by atoms with Gasteiger partial charge in [0, 0.05) is 5.54 Å². The fraction of sp³-hybridized carbons (Fsp3) is 0.625. The monoisotopic (exact) mass is 279 g/mol. The fourth-order valence-electron chi connectivity index (χ4n) is 2.74. The number of benzene rings is 1. The van der Waals surface area contributed by atoms with Gasteiger partial charge in [0.1, 0.15) is 0 Å². The predicted molar refractivity (Wildman–Crippen MR) is 79.2 cm³/mol. The van der Waals surface area contributed by atoms with Gasteiger partial charge in [-0.15, -0.1) is 0 Å². The predicted octanol–water partition coefficient (Wildman–Crippen LogP) is 2.88. The number of hydrogen-bond donors (Lipinski definition) is 1. The normalized spacial score (nSPS) is 17.8. The molecule has 0 heterocycles. The zero-order chi connectivity index (χ0) is 14.4. The molecule has 1 aromatic rings. The van der Waals surface area contributed by atoms with E-state index in [4.69, 9.17) is 19.9 Å². The lowest BCUT2D eigenvalue weighted by atomic mass is 9.83. The highest BCUT2D eigenvalue weighted by Crippen LogP contribution is 2.29. The fourth-order valence-corrected chi connectivity index (χ4v) is 2.74. The summed E-state index contributed by atoms with van der Waals surface area (Å²) in [7, 11) is 3.27. The van der Waals surface area contributed by atoms with Crippen LogP contribution in [-0.2, 0) is 11.3 Å². The van der Waals surface area contributed by atoms with E-state index < -0.39 is 0 Å². The minimum atomic E-state index is -0.130. The van der Waals surface area contributed by atoms with Gasteiger partial charge in [-0.3, -0.25) is 0 Å². The van der Waals surface area contributed by atoms with E-state index in [2.05, 4.69) is 0 Å². The average molecular weight is 279 g/mol. The maximum atomic E-state index is 6.36. The summed E-state index contributed by atoms with van der Waals surface area (Å²) in [5, 5.41) is 0. The Morgan fingerprint density at radius 1 is 1.05 bits per heavy atom. The van der Waals surface area contributed by atoms with Crippen molar-refractivity contribution in [1.29, 1.82) is 0 Å². The Hall–Kier alpha value is -1.26. The Kier molecular flexibility index (Phi) is 5.26. The van der Waals surface area contributed by atoms with E-state index in [1.807, 2.05) is 18.2 Å². The van der Waals surface area contributed by atoms with Crippen LogP contribution in [0.3, 0.4) is 0 Å². The van der Waals surface area contributed by atoms with E-state index in [0.717, 1.165) is 29.9 Å². The lowest BCUT2D eigenvalue weighted by Crippen LogP contribution is -2.46. The van der Waals surface area contributed by atoms with Gasteiger partial charge < -0.3 is 19.9 Å². The van der Waals surface area contributed by atoms with Crippen molar-refractivity contribution in [2.24, 2.45) is 5.73 Å². The van der Waals surface area contributed by atoms with Crippen molar-refractivity contribution in [3.8, 4) is 11.5 Å². The van der Waals surface area contributed by atoms with Gasteiger partial charge in [-0.05, 0) is 30.5 Å². The van der Waals surface area contributed by atoms with Crippen LogP contribution in [0.2, 0.25) is 0 Å². The van der Waals surface area contributed by atoms with E-state index in [1.54, 1.807) is 14.2 Å². The molecule has 1 aromatic carbocycles. The van der Waals surface area contributed by atoms with Gasteiger partial charge in [0.15, 0.2) is 11.5 Å². The quantitative estimate of drug-likeness (QED) is 0.870. The van der Waals surface area contributed by atoms with Gasteiger partial charge in [0.2, 0.25) is 0 Å². The van der Waals surface area contributed by atoms with E-state index in [9.17, 15) is 0 Å². The maximum Gasteiger partial charge on any atom is 0.161 e. The Morgan fingerprint density at radius 2 is 1.75 bits per heavy atom. The van der Waals surface area contributed by atoms with Gasteiger partial charge in [-0.1, -0.05) is 25.3 Å². The lowest BCUT2D eigenvalue weighted by molar-refractivity contribution is 0.0573. The zero-order valence-electron chi connectivity index (χ0n) is 12.5. The molecule has 0 saturated heterocycles. The van der Waals surface area contributed by atoms with Crippen LogP contribution in [-0.4, -0.2) is 26.4 Å². The molecular formula is C16H25NO3. The molecule has 1 fully saturated rings. The number of ether oxygens (including phenoxy) is 3. The summed E-state index contributed by atoms with van der Waals surface area (Å²) in [4.78, 5) is 0. The number of hydrogen-bond acceptors (Lipinski definition) is 4. The molecule has 4 nitrogen and oxygen atoms in total. The molecule has 2 rings (SSSR count). The highest BCUT2D eigenvalue weighted by atomic mass is 16.5. The summed E-state index contributed by atoms with van der Waals surface area (Å²) < 4.78 is 16.3. The molecule has 1 aliphatic rings. The summed E-state index contributed by atoms with van der Waals surface area (Å²) in [6.07, 6.45) is 5.87. The SMILES string of the molecule is COc1ccc(COCC2(N)CCCCC2)cc1OC. The molecule has 1 saturated carbocycles. The molecule has 20 heavy (non-hydrogen) atoms. The van der Waals surface area contributed by atoms with Crippen LogP contribution in [0, 0.1) is 0 Å². The van der Waals surface area contributed by atoms with Gasteiger partial charge in [-0.25, -0.2) is 0 Å². The molecule has 0 atom stereocenters. The number of rotatable bonds is 6. The van der Waals surface area contributed by atoms with Crippen LogP contribution in [0.15, 0.2) is 18.2 Å². The molecule has 4 heteroatoms. The first-order valence-corrected chi connectivity index (χ1v) is 7.24. The first-order valence-electron chi connectivity index (χ1n) is 7.24. The van der Waals surface area contributed by atoms with Crippen molar-refractivity contribution in [2.75, 3.05) is 20.8 Å². The van der Waals surface area contributed by atoms with E-state index in [-0.39, 0.29) is 5.54 Å². The van der Waals surface area contributed by atoms with Crippen molar-refractivity contribution in [2.45, 2.75) is 44.2 Å². The summed E-state index contributed by atoms with van der Waals surface area (Å²) >= 11 is 0. The van der Waals surface area contributed by atoms with E-state index in [0.29, 0.717) is 13.2 Å². The van der Waals surface area contributed by atoms with E-state index >= 15 is 0 Å². The maximum absolute atomic E-state index is 6.36. The smallest absolute Gasteiger partial charge is 0.161 e. The molecule has 0 unspecified atom stereocenters. The van der Waals surface area contributed by atoms with Crippen molar-refractivity contribution in [3.05, 3.63) is 23.8 Å². The topological polar surface area (TPSA) is 53.7 Å². The van der Waals surface area contributed by atoms with Crippen LogP contribution < -0.4 is 15.2 Å². The molecule has 0 aliphatic heterocycles. The molecule has 0 aromatic heterocycles. The molecule has 0 bridgehead atoms. The third-order valence-corrected chi connectivity index (χ3v) is 3.96. The van der Waals surface area contributed by atoms with Crippen molar-refractivity contribution >= 4 is 0 Å². The van der Waals surface area contributed by atoms with Gasteiger partial charge in [0.05, 0.1) is 27.4 Å². The minimum absolute atomic E-state index is 0.130. The first kappa shape index (κ1) is 15.1. The van der Waals surface area contributed by atoms with Crippen LogP contribution in [0.5, 0.6) is 11.5 Å². The lowest BCUT2D eigenvalue weighted by Gasteiger charge is -2.33. The Bertz CT molecular complexity index is 428. The summed E-state index contributed by atoms with van der Waals surface area (Å²) in [5.41, 5.74) is 7.30. The Morgan fingerprint density at radius 3 is 2.40 bits per heavy atom. The van der Waals surface area contributed by atoms with Crippen molar-refractivity contribution in [1.82, 2.24) is 0 Å². The van der Waals surface area contributed by atoms with Gasteiger partial charge >= 0.3 is 0 Å². The summed E-state index contributed by atoms with van der Waals surface area (Å²) in [6.45, 7) is 1.18. The second-order valence-corrected chi connectivity index (χ2v) is 5.61. The molecule has 1 aliphatic carbocycles. The Labute approximate surface area is 121 Å². The average Bonchev–Trinajstić information content (AvgIpc) is 2.47. The Balaban J connectivity index is 1.87. The minimum Gasteiger partial charge on any atom is -0.493 e. The van der Waals surface area contributed by atoms with Crippen molar-refractivity contribution in [3.63, 3.8) is 0 Å². The molecule has 0 amide bonds. The third-order valence-electron chi connectivity index (χ3n) is 3.96. The van der Waals surface area contributed by atoms with E-state index in [1.165, 1.54) is 19.3 Å². The molecule has 2 N–H and O–H groups in total. The van der Waals surface area contributed by atoms with Crippen LogP contribution in [0.25, 0.3) is 0 Å². The first-order chi connectivity index (χ1) is 9.67. The van der Waals surface area contributed by atoms with Crippen LogP contribution in [0.1, 0.15) is 37.7 Å². The second kappa shape index (κ2) is 6.95.